The van der Waals surface area contributed by atoms with Crippen LogP contribution in [0.3, 0.4) is 0 Å². The predicted octanol–water partition coefficient (Wildman–Crippen LogP) is 6.86. The van der Waals surface area contributed by atoms with Gasteiger partial charge < -0.3 is 5.32 Å². The smallest absolute Gasteiger partial charge is 0.313 e. The first kappa shape index (κ1) is 29.7. The molecule has 0 bridgehead atoms. The minimum atomic E-state index is -4.74. The maximum absolute atomic E-state index is 13.9. The van der Waals surface area contributed by atoms with Gasteiger partial charge in [0.25, 0.3) is 0 Å². The third-order valence-corrected chi connectivity index (χ3v) is 10.2. The molecule has 1 fully saturated rings. The van der Waals surface area contributed by atoms with Crippen molar-refractivity contribution in [3.8, 4) is 0 Å². The van der Waals surface area contributed by atoms with Crippen LogP contribution in [0.2, 0.25) is 0 Å². The highest BCUT2D eigenvalue weighted by atomic mass is 32.2. The molecule has 0 saturated heterocycles. The van der Waals surface area contributed by atoms with E-state index in [1.165, 1.54) is 23.3 Å². The summed E-state index contributed by atoms with van der Waals surface area (Å²) < 4.78 is 81.8. The topological polar surface area (TPSA) is 58.2 Å². The summed E-state index contributed by atoms with van der Waals surface area (Å²) in [4.78, 5) is -0.729. The molecule has 3 aromatic rings. The zero-order valence-corrected chi connectivity index (χ0v) is 23.7. The molecule has 2 unspecified atom stereocenters. The number of halogens is 4. The fourth-order valence-corrected chi connectivity index (χ4v) is 7.79. The van der Waals surface area contributed by atoms with Crippen LogP contribution in [-0.4, -0.2) is 27.5 Å². The second-order valence-electron chi connectivity index (χ2n) is 11.4. The third kappa shape index (κ3) is 7.37. The lowest BCUT2D eigenvalue weighted by atomic mass is 9.75. The summed E-state index contributed by atoms with van der Waals surface area (Å²) in [6.45, 7) is 0.980. The van der Waals surface area contributed by atoms with Crippen LogP contribution in [0.25, 0.3) is 0 Å². The molecule has 2 aliphatic rings. The molecule has 2 N–H and O–H groups in total. The number of sulfonamides is 1. The Kier molecular flexibility index (Phi) is 9.16. The molecule has 3 aromatic carbocycles. The molecule has 0 aliphatic heterocycles. The molecular formula is C32H36F4N2O2S. The Morgan fingerprint density at radius 2 is 1.46 bits per heavy atom. The second-order valence-corrected chi connectivity index (χ2v) is 13.2. The fraction of sp³-hybridized carbons (Fsp3) is 0.438. The molecular weight excluding hydrogens is 552 g/mol. The van der Waals surface area contributed by atoms with Crippen LogP contribution in [0.15, 0.2) is 77.7 Å². The summed E-state index contributed by atoms with van der Waals surface area (Å²) in [6.07, 6.45) is 1.39. The van der Waals surface area contributed by atoms with Gasteiger partial charge in [0.1, 0.15) is 5.82 Å². The number of hydrogen-bond donors (Lipinski definition) is 2. The molecule has 0 radical (unpaired) electrons. The first-order valence-corrected chi connectivity index (χ1v) is 15.8. The SMILES string of the molecule is O=S(=O)(NCC1CCC(CNC2CCc3cc(F)ccc3C2Cc2ccccc2)CC1)c1ccccc1C(F)(F)F. The maximum atomic E-state index is 13.9. The monoisotopic (exact) mass is 588 g/mol. The van der Waals surface area contributed by atoms with Crippen LogP contribution in [-0.2, 0) is 29.0 Å². The zero-order valence-electron chi connectivity index (χ0n) is 22.8. The Balaban J connectivity index is 1.15. The summed E-state index contributed by atoms with van der Waals surface area (Å²) in [6, 6.07) is 20.1. The molecule has 4 nitrogen and oxygen atoms in total. The van der Waals surface area contributed by atoms with E-state index in [1.807, 2.05) is 24.3 Å². The lowest BCUT2D eigenvalue weighted by molar-refractivity contribution is -0.139. The van der Waals surface area contributed by atoms with Crippen molar-refractivity contribution >= 4 is 10.0 Å². The van der Waals surface area contributed by atoms with Gasteiger partial charge in [0.2, 0.25) is 10.0 Å². The van der Waals surface area contributed by atoms with E-state index in [9.17, 15) is 26.0 Å². The van der Waals surface area contributed by atoms with Crippen molar-refractivity contribution in [1.82, 2.24) is 10.0 Å². The number of rotatable bonds is 9. The molecule has 9 heteroatoms. The van der Waals surface area contributed by atoms with Crippen LogP contribution < -0.4 is 10.0 Å². The number of hydrogen-bond acceptors (Lipinski definition) is 3. The van der Waals surface area contributed by atoms with E-state index >= 15 is 0 Å². The normalized spacial score (nSPS) is 23.2. The predicted molar refractivity (Wildman–Crippen MR) is 151 cm³/mol. The quantitative estimate of drug-likeness (QED) is 0.269. The molecule has 2 aliphatic carbocycles. The zero-order chi connectivity index (χ0) is 29.0. The summed E-state index contributed by atoms with van der Waals surface area (Å²) in [5.41, 5.74) is 2.40. The van der Waals surface area contributed by atoms with Crippen molar-refractivity contribution in [1.29, 1.82) is 0 Å². The van der Waals surface area contributed by atoms with E-state index < -0.39 is 26.7 Å². The van der Waals surface area contributed by atoms with Crippen LogP contribution in [0.4, 0.5) is 17.6 Å². The van der Waals surface area contributed by atoms with Crippen molar-refractivity contribution in [3.05, 3.63) is 101 Å². The van der Waals surface area contributed by atoms with Crippen molar-refractivity contribution < 1.29 is 26.0 Å². The summed E-state index contributed by atoms with van der Waals surface area (Å²) in [5.74, 6) is 0.575. The first-order chi connectivity index (χ1) is 19.6. The second kappa shape index (κ2) is 12.6. The average Bonchev–Trinajstić information content (AvgIpc) is 2.96. The van der Waals surface area contributed by atoms with E-state index in [2.05, 4.69) is 22.2 Å². The van der Waals surface area contributed by atoms with Gasteiger partial charge in [-0.3, -0.25) is 0 Å². The lowest BCUT2D eigenvalue weighted by Crippen LogP contribution is -2.42. The lowest BCUT2D eigenvalue weighted by Gasteiger charge is -2.36. The largest absolute Gasteiger partial charge is 0.417 e. The highest BCUT2D eigenvalue weighted by Gasteiger charge is 2.37. The minimum absolute atomic E-state index is 0.0846. The molecule has 1 saturated carbocycles. The van der Waals surface area contributed by atoms with Crippen molar-refractivity contribution in [2.24, 2.45) is 11.8 Å². The summed E-state index contributed by atoms with van der Waals surface area (Å²) in [7, 11) is -4.28. The molecule has 0 amide bonds. The highest BCUT2D eigenvalue weighted by molar-refractivity contribution is 7.89. The van der Waals surface area contributed by atoms with E-state index in [-0.39, 0.29) is 30.2 Å². The molecule has 5 rings (SSSR count). The Morgan fingerprint density at radius 3 is 2.17 bits per heavy atom. The molecule has 220 valence electrons. The Bertz CT molecular complexity index is 1420. The summed E-state index contributed by atoms with van der Waals surface area (Å²) >= 11 is 0. The Hall–Kier alpha value is -2.75. The highest BCUT2D eigenvalue weighted by Crippen LogP contribution is 2.37. The number of nitrogens with one attached hydrogen (secondary N) is 2. The Labute approximate surface area is 239 Å². The van der Waals surface area contributed by atoms with Gasteiger partial charge in [0.15, 0.2) is 0 Å². The van der Waals surface area contributed by atoms with Gasteiger partial charge in [0.05, 0.1) is 10.5 Å². The number of fused-ring (bicyclic) bond motifs is 1. The van der Waals surface area contributed by atoms with Gasteiger partial charge >= 0.3 is 6.18 Å². The fourth-order valence-electron chi connectivity index (χ4n) is 6.44. The van der Waals surface area contributed by atoms with Gasteiger partial charge in [-0.05, 0) is 104 Å². The van der Waals surface area contributed by atoms with Crippen LogP contribution >= 0.6 is 0 Å². The maximum Gasteiger partial charge on any atom is 0.417 e. The van der Waals surface area contributed by atoms with Crippen molar-refractivity contribution in [3.63, 3.8) is 0 Å². The van der Waals surface area contributed by atoms with Crippen LogP contribution in [0.1, 0.15) is 60.3 Å². The summed E-state index contributed by atoms with van der Waals surface area (Å²) in [5, 5.41) is 3.82. The van der Waals surface area contributed by atoms with E-state index in [1.54, 1.807) is 12.1 Å². The average molecular weight is 589 g/mol. The Morgan fingerprint density at radius 1 is 0.805 bits per heavy atom. The van der Waals surface area contributed by atoms with Gasteiger partial charge in [-0.25, -0.2) is 17.5 Å². The van der Waals surface area contributed by atoms with E-state index in [0.29, 0.717) is 5.92 Å². The molecule has 41 heavy (non-hydrogen) atoms. The molecule has 0 aromatic heterocycles. The van der Waals surface area contributed by atoms with E-state index in [0.717, 1.165) is 69.2 Å². The number of alkyl halides is 3. The van der Waals surface area contributed by atoms with Gasteiger partial charge in [-0.2, -0.15) is 13.2 Å². The van der Waals surface area contributed by atoms with Crippen molar-refractivity contribution in [2.75, 3.05) is 13.1 Å². The molecule has 2 atom stereocenters. The number of benzene rings is 3. The van der Waals surface area contributed by atoms with Crippen LogP contribution in [0.5, 0.6) is 0 Å². The van der Waals surface area contributed by atoms with Gasteiger partial charge in [-0.1, -0.05) is 48.5 Å². The molecule has 0 heterocycles. The van der Waals surface area contributed by atoms with Gasteiger partial charge in [0, 0.05) is 18.5 Å². The standard InChI is InChI=1S/C32H36F4N2O2S/c33-26-15-16-27-25(19-26)14-17-30(28(27)18-22-6-2-1-3-7-22)37-20-23-10-12-24(13-11-23)21-38-41(39,40)31-9-5-4-8-29(31)32(34,35)36/h1-9,15-16,19,23-24,28,30,37-38H,10-14,17-18,20-21H2. The van der Waals surface area contributed by atoms with Crippen molar-refractivity contribution in [2.45, 2.75) is 68.0 Å². The first-order valence-electron chi connectivity index (χ1n) is 14.3. The van der Waals surface area contributed by atoms with E-state index in [4.69, 9.17) is 0 Å². The molecule has 0 spiro atoms. The third-order valence-electron chi connectivity index (χ3n) is 8.69. The number of aryl methyl sites for hydroxylation is 1. The van der Waals surface area contributed by atoms with Crippen LogP contribution in [0, 0.1) is 17.7 Å². The minimum Gasteiger partial charge on any atom is -0.313 e. The van der Waals surface area contributed by atoms with Gasteiger partial charge in [-0.15, -0.1) is 0 Å².